The number of hydrogen-bond acceptors (Lipinski definition) is 4. The van der Waals surface area contributed by atoms with E-state index in [1.165, 1.54) is 11.1 Å². The first-order valence-corrected chi connectivity index (χ1v) is 6.33. The molecule has 2 atom stereocenters. The molecule has 1 saturated heterocycles. The van der Waals surface area contributed by atoms with Crippen molar-refractivity contribution in [1.82, 2.24) is 9.80 Å². The predicted molar refractivity (Wildman–Crippen MR) is 73.3 cm³/mol. The molecule has 1 aliphatic heterocycles. The Labute approximate surface area is 114 Å². The van der Waals surface area contributed by atoms with Crippen molar-refractivity contribution in [3.63, 3.8) is 0 Å². The van der Waals surface area contributed by atoms with Gasteiger partial charge in [-0.05, 0) is 33.6 Å². The Morgan fingerprint density at radius 3 is 2.74 bits per heavy atom. The Hall–Kier alpha value is -1.62. The van der Waals surface area contributed by atoms with Gasteiger partial charge in [0.05, 0.1) is 5.92 Å². The average molecular weight is 266 g/mol. The fourth-order valence-corrected chi connectivity index (χ4v) is 1.79. The van der Waals surface area contributed by atoms with Crippen LogP contribution in [0, 0.1) is 5.92 Å². The summed E-state index contributed by atoms with van der Waals surface area (Å²) in [6, 6.07) is 0.126. The van der Waals surface area contributed by atoms with Gasteiger partial charge in [0.25, 0.3) is 0 Å². The third-order valence-corrected chi connectivity index (χ3v) is 3.48. The molecule has 0 saturated carbocycles. The van der Waals surface area contributed by atoms with E-state index in [1.807, 2.05) is 25.9 Å². The first kappa shape index (κ1) is 15.4. The molecule has 0 aromatic rings. The van der Waals surface area contributed by atoms with Crippen LogP contribution in [0.3, 0.4) is 0 Å². The summed E-state index contributed by atoms with van der Waals surface area (Å²) in [5.74, 6) is -1.09. The molecule has 5 nitrogen and oxygen atoms in total. The second-order valence-corrected chi connectivity index (χ2v) is 4.99. The van der Waals surface area contributed by atoms with Crippen molar-refractivity contribution in [1.29, 1.82) is 0 Å². The molecule has 0 spiro atoms. The molecule has 1 rings (SSSR count). The first-order chi connectivity index (χ1) is 8.88. The first-order valence-electron chi connectivity index (χ1n) is 6.33. The van der Waals surface area contributed by atoms with E-state index in [0.717, 1.165) is 0 Å². The Kier molecular flexibility index (Phi) is 5.30. The van der Waals surface area contributed by atoms with Crippen molar-refractivity contribution in [2.45, 2.75) is 19.4 Å². The number of amides is 1. The van der Waals surface area contributed by atoms with Crippen LogP contribution in [0.15, 0.2) is 24.9 Å². The van der Waals surface area contributed by atoms with Crippen molar-refractivity contribution in [3.05, 3.63) is 24.9 Å². The average Bonchev–Trinajstić information content (AvgIpc) is 2.75. The van der Waals surface area contributed by atoms with Gasteiger partial charge in [0.1, 0.15) is 6.61 Å². The molecule has 106 valence electrons. The summed E-state index contributed by atoms with van der Waals surface area (Å²) in [6.45, 7) is 10.1. The van der Waals surface area contributed by atoms with Gasteiger partial charge in [-0.1, -0.05) is 13.2 Å². The van der Waals surface area contributed by atoms with Crippen molar-refractivity contribution in [2.75, 3.05) is 27.2 Å². The fourth-order valence-electron chi connectivity index (χ4n) is 1.79. The summed E-state index contributed by atoms with van der Waals surface area (Å²) in [6.07, 6.45) is 2.07. The number of carbonyl (C=O) groups excluding carboxylic acids is 2. The van der Waals surface area contributed by atoms with Crippen LogP contribution in [0.2, 0.25) is 0 Å². The molecule has 0 N–H and O–H groups in total. The Morgan fingerprint density at radius 1 is 1.63 bits per heavy atom. The predicted octanol–water partition coefficient (Wildman–Crippen LogP) is 1.03. The zero-order valence-corrected chi connectivity index (χ0v) is 11.9. The number of likely N-dealkylation sites (N-methyl/N-ethyl adjacent to an activating group) is 1. The zero-order valence-electron chi connectivity index (χ0n) is 11.9. The topological polar surface area (TPSA) is 49.9 Å². The van der Waals surface area contributed by atoms with Crippen molar-refractivity contribution < 1.29 is 14.3 Å². The SMILES string of the molecule is C=CN1CCC(C(=C)C(=O)OCC(C)N(C)C)C1=O. The Bertz CT molecular complexity index is 390. The maximum Gasteiger partial charge on any atom is 0.334 e. The van der Waals surface area contributed by atoms with E-state index < -0.39 is 11.9 Å². The minimum atomic E-state index is -0.488. The van der Waals surface area contributed by atoms with Crippen LogP contribution in [-0.2, 0) is 14.3 Å². The van der Waals surface area contributed by atoms with E-state index in [4.69, 9.17) is 4.74 Å². The van der Waals surface area contributed by atoms with Crippen LogP contribution in [0.1, 0.15) is 13.3 Å². The third-order valence-electron chi connectivity index (χ3n) is 3.48. The quantitative estimate of drug-likeness (QED) is 0.532. The van der Waals surface area contributed by atoms with Gasteiger partial charge < -0.3 is 14.5 Å². The highest BCUT2D eigenvalue weighted by atomic mass is 16.5. The number of ether oxygens (including phenoxy) is 1. The number of rotatable bonds is 6. The van der Waals surface area contributed by atoms with Crippen LogP contribution in [0.5, 0.6) is 0 Å². The number of hydrogen-bond donors (Lipinski definition) is 0. The van der Waals surface area contributed by atoms with Gasteiger partial charge >= 0.3 is 5.97 Å². The lowest BCUT2D eigenvalue weighted by Crippen LogP contribution is -2.31. The van der Waals surface area contributed by atoms with Crippen LogP contribution in [-0.4, -0.2) is 55.0 Å². The van der Waals surface area contributed by atoms with Gasteiger partial charge in [0, 0.05) is 18.2 Å². The summed E-state index contributed by atoms with van der Waals surface area (Å²) in [7, 11) is 3.82. The molecule has 0 aromatic carbocycles. The molecule has 0 aromatic heterocycles. The smallest absolute Gasteiger partial charge is 0.334 e. The molecule has 1 aliphatic rings. The lowest BCUT2D eigenvalue weighted by Gasteiger charge is -2.20. The maximum atomic E-state index is 11.9. The van der Waals surface area contributed by atoms with Gasteiger partial charge in [-0.25, -0.2) is 4.79 Å². The van der Waals surface area contributed by atoms with Crippen LogP contribution >= 0.6 is 0 Å². The van der Waals surface area contributed by atoms with Gasteiger partial charge in [0.15, 0.2) is 0 Å². The van der Waals surface area contributed by atoms with E-state index in [2.05, 4.69) is 13.2 Å². The maximum absolute atomic E-state index is 11.9. The monoisotopic (exact) mass is 266 g/mol. The van der Waals surface area contributed by atoms with E-state index in [0.29, 0.717) is 13.0 Å². The van der Waals surface area contributed by atoms with E-state index in [9.17, 15) is 9.59 Å². The molecule has 0 bridgehead atoms. The summed E-state index contributed by atoms with van der Waals surface area (Å²) >= 11 is 0. The Morgan fingerprint density at radius 2 is 2.26 bits per heavy atom. The largest absolute Gasteiger partial charge is 0.461 e. The van der Waals surface area contributed by atoms with Gasteiger partial charge in [-0.15, -0.1) is 0 Å². The Balaban J connectivity index is 2.52. The highest BCUT2D eigenvalue weighted by molar-refractivity contribution is 5.97. The molecular formula is C14H22N2O3. The standard InChI is InChI=1S/C14H22N2O3/c1-6-16-8-7-12(13(16)17)11(3)14(18)19-9-10(2)15(4)5/h6,10,12H,1,3,7-9H2,2,4-5H3. The molecule has 0 aliphatic carbocycles. The van der Waals surface area contributed by atoms with E-state index in [1.54, 1.807) is 0 Å². The molecular weight excluding hydrogens is 244 g/mol. The normalized spacial score (nSPS) is 20.5. The molecule has 5 heteroatoms. The molecule has 19 heavy (non-hydrogen) atoms. The van der Waals surface area contributed by atoms with Crippen LogP contribution < -0.4 is 0 Å². The minimum Gasteiger partial charge on any atom is -0.461 e. The highest BCUT2D eigenvalue weighted by Crippen LogP contribution is 2.25. The number of carbonyl (C=O) groups is 2. The molecule has 1 heterocycles. The van der Waals surface area contributed by atoms with Crippen molar-refractivity contribution in [3.8, 4) is 0 Å². The molecule has 0 radical (unpaired) electrons. The molecule has 2 unspecified atom stereocenters. The summed E-state index contributed by atoms with van der Waals surface area (Å²) in [5.41, 5.74) is 0.236. The second kappa shape index (κ2) is 6.52. The lowest BCUT2D eigenvalue weighted by atomic mass is 9.99. The molecule has 1 amide bonds. The highest BCUT2D eigenvalue weighted by Gasteiger charge is 2.35. The lowest BCUT2D eigenvalue weighted by molar-refractivity contribution is -0.142. The second-order valence-electron chi connectivity index (χ2n) is 4.99. The van der Waals surface area contributed by atoms with E-state index in [-0.39, 0.29) is 24.1 Å². The van der Waals surface area contributed by atoms with Crippen LogP contribution in [0.25, 0.3) is 0 Å². The number of esters is 1. The summed E-state index contributed by atoms with van der Waals surface area (Å²) in [4.78, 5) is 27.2. The number of nitrogens with zero attached hydrogens (tertiary/aromatic N) is 2. The van der Waals surface area contributed by atoms with Gasteiger partial charge in [-0.2, -0.15) is 0 Å². The summed E-state index contributed by atoms with van der Waals surface area (Å²) < 4.78 is 5.18. The van der Waals surface area contributed by atoms with E-state index >= 15 is 0 Å². The minimum absolute atomic E-state index is 0.126. The zero-order chi connectivity index (χ0) is 14.6. The fraction of sp³-hybridized carbons (Fsp3) is 0.571. The molecule has 1 fully saturated rings. The third kappa shape index (κ3) is 3.67. The van der Waals surface area contributed by atoms with Crippen molar-refractivity contribution >= 4 is 11.9 Å². The summed E-state index contributed by atoms with van der Waals surface area (Å²) in [5, 5.41) is 0. The van der Waals surface area contributed by atoms with Gasteiger partial charge in [-0.3, -0.25) is 4.79 Å². The van der Waals surface area contributed by atoms with Gasteiger partial charge in [0.2, 0.25) is 5.91 Å². The number of likely N-dealkylation sites (tertiary alicyclic amines) is 1. The van der Waals surface area contributed by atoms with Crippen LogP contribution in [0.4, 0.5) is 0 Å². The van der Waals surface area contributed by atoms with Crippen molar-refractivity contribution in [2.24, 2.45) is 5.92 Å².